The van der Waals surface area contributed by atoms with Crippen molar-refractivity contribution in [3.63, 3.8) is 0 Å². The molecule has 2 rings (SSSR count). The normalized spacial score (nSPS) is 17.9. The van der Waals surface area contributed by atoms with E-state index in [2.05, 4.69) is 29.1 Å². The molecule has 1 fully saturated rings. The van der Waals surface area contributed by atoms with E-state index in [1.807, 2.05) is 0 Å². The van der Waals surface area contributed by atoms with Gasteiger partial charge in [-0.2, -0.15) is 0 Å². The van der Waals surface area contributed by atoms with E-state index in [9.17, 15) is 0 Å². The molecular weight excluding hydrogens is 210 g/mol. The fraction of sp³-hybridized carbons (Fsp3) is 0.600. The van der Waals surface area contributed by atoms with Crippen LogP contribution in [0.2, 0.25) is 0 Å². The van der Waals surface area contributed by atoms with Crippen LogP contribution in [0.1, 0.15) is 55.6 Å². The minimum absolute atomic E-state index is 0.600. The third-order valence-electron chi connectivity index (χ3n) is 3.81. The minimum Gasteiger partial charge on any atom is -0.304 e. The second-order valence-electron chi connectivity index (χ2n) is 5.05. The van der Waals surface area contributed by atoms with Crippen molar-refractivity contribution < 1.29 is 4.84 Å². The summed E-state index contributed by atoms with van der Waals surface area (Å²) in [6.45, 7) is 0.600. The summed E-state index contributed by atoms with van der Waals surface area (Å²) in [5, 5.41) is 0. The maximum Gasteiger partial charge on any atom is 0.0719 e. The average Bonchev–Trinajstić information content (AvgIpc) is 2.66. The molecule has 0 bridgehead atoms. The third kappa shape index (κ3) is 3.83. The smallest absolute Gasteiger partial charge is 0.0719 e. The Kier molecular flexibility index (Phi) is 5.02. The summed E-state index contributed by atoms with van der Waals surface area (Å²) in [5.74, 6) is 5.83. The summed E-state index contributed by atoms with van der Waals surface area (Å²) in [6, 6.07) is 9.03. The molecule has 0 aromatic heterocycles. The van der Waals surface area contributed by atoms with E-state index in [0.29, 0.717) is 6.61 Å². The SMILES string of the molecule is NOCCc1ccc(C2CCCCCC2)cc1. The van der Waals surface area contributed by atoms with Crippen molar-refractivity contribution >= 4 is 0 Å². The fourth-order valence-corrected chi connectivity index (χ4v) is 2.75. The number of rotatable bonds is 4. The first kappa shape index (κ1) is 12.6. The Balaban J connectivity index is 1.96. The molecule has 0 aliphatic heterocycles. The third-order valence-corrected chi connectivity index (χ3v) is 3.81. The number of benzene rings is 1. The average molecular weight is 233 g/mol. The molecule has 0 heterocycles. The highest BCUT2D eigenvalue weighted by Gasteiger charge is 2.13. The van der Waals surface area contributed by atoms with Crippen molar-refractivity contribution in [3.05, 3.63) is 35.4 Å². The lowest BCUT2D eigenvalue weighted by molar-refractivity contribution is 0.141. The quantitative estimate of drug-likeness (QED) is 0.637. The van der Waals surface area contributed by atoms with E-state index in [1.165, 1.54) is 49.7 Å². The van der Waals surface area contributed by atoms with Gasteiger partial charge >= 0.3 is 0 Å². The topological polar surface area (TPSA) is 35.2 Å². The minimum atomic E-state index is 0.600. The van der Waals surface area contributed by atoms with Crippen molar-refractivity contribution in [3.8, 4) is 0 Å². The maximum absolute atomic E-state index is 5.04. The monoisotopic (exact) mass is 233 g/mol. The van der Waals surface area contributed by atoms with Crippen LogP contribution in [-0.4, -0.2) is 6.61 Å². The van der Waals surface area contributed by atoms with Crippen LogP contribution in [0, 0.1) is 0 Å². The van der Waals surface area contributed by atoms with Gasteiger partial charge < -0.3 is 4.84 Å². The van der Waals surface area contributed by atoms with Gasteiger partial charge in [-0.3, -0.25) is 0 Å². The molecule has 0 atom stereocenters. The summed E-state index contributed by atoms with van der Waals surface area (Å²) in [7, 11) is 0. The van der Waals surface area contributed by atoms with E-state index in [-0.39, 0.29) is 0 Å². The van der Waals surface area contributed by atoms with E-state index in [0.717, 1.165) is 12.3 Å². The van der Waals surface area contributed by atoms with Gasteiger partial charge in [0.05, 0.1) is 6.61 Å². The second-order valence-corrected chi connectivity index (χ2v) is 5.05. The number of hydrogen-bond donors (Lipinski definition) is 1. The van der Waals surface area contributed by atoms with Gasteiger partial charge in [0.1, 0.15) is 0 Å². The van der Waals surface area contributed by atoms with Crippen LogP contribution in [0.5, 0.6) is 0 Å². The lowest BCUT2D eigenvalue weighted by atomic mass is 9.91. The lowest BCUT2D eigenvalue weighted by Gasteiger charge is -2.14. The van der Waals surface area contributed by atoms with Gasteiger partial charge in [0.2, 0.25) is 0 Å². The van der Waals surface area contributed by atoms with Gasteiger partial charge in [0.25, 0.3) is 0 Å². The molecule has 1 saturated carbocycles. The number of hydrogen-bond acceptors (Lipinski definition) is 2. The van der Waals surface area contributed by atoms with Crippen molar-refractivity contribution in [1.82, 2.24) is 0 Å². The number of nitrogens with two attached hydrogens (primary N) is 1. The van der Waals surface area contributed by atoms with E-state index in [4.69, 9.17) is 5.90 Å². The first-order chi connectivity index (χ1) is 8.40. The van der Waals surface area contributed by atoms with Gasteiger partial charge in [-0.25, -0.2) is 5.90 Å². The zero-order valence-electron chi connectivity index (χ0n) is 10.5. The molecule has 1 aromatic carbocycles. The Morgan fingerprint density at radius 3 is 2.24 bits per heavy atom. The zero-order chi connectivity index (χ0) is 11.9. The Morgan fingerprint density at radius 2 is 1.65 bits per heavy atom. The summed E-state index contributed by atoms with van der Waals surface area (Å²) in [6.07, 6.45) is 9.27. The molecule has 0 saturated heterocycles. The van der Waals surface area contributed by atoms with Crippen molar-refractivity contribution in [2.75, 3.05) is 6.61 Å². The van der Waals surface area contributed by atoms with E-state index < -0.39 is 0 Å². The highest BCUT2D eigenvalue weighted by atomic mass is 16.6. The van der Waals surface area contributed by atoms with Gasteiger partial charge in [-0.05, 0) is 36.3 Å². The second kappa shape index (κ2) is 6.77. The largest absolute Gasteiger partial charge is 0.304 e. The van der Waals surface area contributed by atoms with Crippen molar-refractivity contribution in [2.24, 2.45) is 5.90 Å². The highest BCUT2D eigenvalue weighted by Crippen LogP contribution is 2.31. The molecule has 2 heteroatoms. The van der Waals surface area contributed by atoms with Crippen molar-refractivity contribution in [2.45, 2.75) is 50.9 Å². The Hall–Kier alpha value is -0.860. The van der Waals surface area contributed by atoms with E-state index >= 15 is 0 Å². The molecule has 0 unspecified atom stereocenters. The maximum atomic E-state index is 5.04. The van der Waals surface area contributed by atoms with Crippen LogP contribution in [0.3, 0.4) is 0 Å². The predicted molar refractivity (Wildman–Crippen MR) is 70.7 cm³/mol. The standard InChI is InChI=1S/C15H23NO/c16-17-12-11-13-7-9-15(10-8-13)14-5-3-1-2-4-6-14/h7-10,14H,1-6,11-12,16H2. The summed E-state index contributed by atoms with van der Waals surface area (Å²) in [4.78, 5) is 4.61. The van der Waals surface area contributed by atoms with Crippen LogP contribution < -0.4 is 5.90 Å². The van der Waals surface area contributed by atoms with Gasteiger partial charge in [-0.15, -0.1) is 0 Å². The van der Waals surface area contributed by atoms with Gasteiger partial charge in [0.15, 0.2) is 0 Å². The molecule has 0 radical (unpaired) electrons. The summed E-state index contributed by atoms with van der Waals surface area (Å²) >= 11 is 0. The molecule has 2 N–H and O–H groups in total. The van der Waals surface area contributed by atoms with Gasteiger partial charge in [0, 0.05) is 0 Å². The first-order valence-corrected chi connectivity index (χ1v) is 6.80. The molecule has 17 heavy (non-hydrogen) atoms. The van der Waals surface area contributed by atoms with Crippen molar-refractivity contribution in [1.29, 1.82) is 0 Å². The molecule has 1 aliphatic carbocycles. The predicted octanol–water partition coefficient (Wildman–Crippen LogP) is 3.56. The highest BCUT2D eigenvalue weighted by molar-refractivity contribution is 5.25. The van der Waals surface area contributed by atoms with Crippen LogP contribution >= 0.6 is 0 Å². The van der Waals surface area contributed by atoms with Crippen LogP contribution in [0.4, 0.5) is 0 Å². The zero-order valence-corrected chi connectivity index (χ0v) is 10.5. The molecular formula is C15H23NO. The molecule has 1 aromatic rings. The first-order valence-electron chi connectivity index (χ1n) is 6.80. The summed E-state index contributed by atoms with van der Waals surface area (Å²) in [5.41, 5.74) is 2.83. The molecule has 0 spiro atoms. The Labute approximate surface area is 104 Å². The Morgan fingerprint density at radius 1 is 1.00 bits per heavy atom. The molecule has 0 amide bonds. The van der Waals surface area contributed by atoms with Crippen LogP contribution in [0.25, 0.3) is 0 Å². The molecule has 94 valence electrons. The summed E-state index contributed by atoms with van der Waals surface area (Å²) < 4.78 is 0. The van der Waals surface area contributed by atoms with Gasteiger partial charge in [-0.1, -0.05) is 49.9 Å². The van der Waals surface area contributed by atoms with Crippen LogP contribution in [-0.2, 0) is 11.3 Å². The lowest BCUT2D eigenvalue weighted by Crippen LogP contribution is -2.04. The fourth-order valence-electron chi connectivity index (χ4n) is 2.75. The molecule has 1 aliphatic rings. The van der Waals surface area contributed by atoms with E-state index in [1.54, 1.807) is 0 Å². The van der Waals surface area contributed by atoms with Crippen LogP contribution in [0.15, 0.2) is 24.3 Å². The Bertz CT molecular complexity index is 312. The molecule has 2 nitrogen and oxygen atoms in total.